The van der Waals surface area contributed by atoms with Crippen molar-refractivity contribution in [1.29, 1.82) is 0 Å². The van der Waals surface area contributed by atoms with Gasteiger partial charge in [-0.2, -0.15) is 5.10 Å². The number of nitrogens with one attached hydrogen (secondary N) is 3. The van der Waals surface area contributed by atoms with E-state index in [-0.39, 0.29) is 30.6 Å². The lowest BCUT2D eigenvalue weighted by atomic mass is 10.1. The fourth-order valence-electron chi connectivity index (χ4n) is 1.79. The number of halogens is 1. The van der Waals surface area contributed by atoms with Crippen LogP contribution in [0.2, 0.25) is 0 Å². The molecule has 1 aromatic rings. The fraction of sp³-hybridized carbons (Fsp3) is 0.615. The Morgan fingerprint density at radius 3 is 2.57 bits per heavy atom. The van der Waals surface area contributed by atoms with Crippen molar-refractivity contribution in [1.82, 2.24) is 25.7 Å². The van der Waals surface area contributed by atoms with Crippen LogP contribution in [0.3, 0.4) is 0 Å². The molecule has 0 spiro atoms. The Balaban J connectivity index is 0.00000400. The third-order valence-electron chi connectivity index (χ3n) is 2.83. The van der Waals surface area contributed by atoms with Gasteiger partial charge in [0.05, 0.1) is 6.20 Å². The van der Waals surface area contributed by atoms with Gasteiger partial charge in [0.1, 0.15) is 6.04 Å². The first-order valence-corrected chi connectivity index (χ1v) is 6.78. The van der Waals surface area contributed by atoms with Crippen LogP contribution in [0, 0.1) is 0 Å². The Labute approximate surface area is 131 Å². The van der Waals surface area contributed by atoms with E-state index in [1.807, 2.05) is 6.92 Å². The topological polar surface area (TPSA) is 88.1 Å². The summed E-state index contributed by atoms with van der Waals surface area (Å²) in [5.74, 6) is -0.210. The summed E-state index contributed by atoms with van der Waals surface area (Å²) in [6.45, 7) is 2.99. The lowest BCUT2D eigenvalue weighted by Crippen LogP contribution is -2.38. The van der Waals surface area contributed by atoms with E-state index in [4.69, 9.17) is 0 Å². The molecule has 0 saturated carbocycles. The molecule has 0 aliphatic heterocycles. The smallest absolute Gasteiger partial charge is 0.241 e. The van der Waals surface area contributed by atoms with Crippen molar-refractivity contribution in [3.63, 3.8) is 0 Å². The van der Waals surface area contributed by atoms with Crippen LogP contribution in [0.5, 0.6) is 0 Å². The number of amides is 2. The van der Waals surface area contributed by atoms with E-state index in [0.717, 1.165) is 12.0 Å². The molecule has 21 heavy (non-hydrogen) atoms. The van der Waals surface area contributed by atoms with Gasteiger partial charge in [-0.05, 0) is 13.5 Å². The molecule has 0 radical (unpaired) electrons. The van der Waals surface area contributed by atoms with E-state index in [1.54, 1.807) is 31.2 Å². The molecule has 1 heterocycles. The molecule has 1 atom stereocenters. The number of aromatic nitrogens is 2. The highest BCUT2D eigenvalue weighted by Gasteiger charge is 2.19. The van der Waals surface area contributed by atoms with Gasteiger partial charge >= 0.3 is 0 Å². The molecule has 0 aliphatic carbocycles. The quantitative estimate of drug-likeness (QED) is 0.636. The summed E-state index contributed by atoms with van der Waals surface area (Å²) in [5, 5.41) is 12.5. The predicted molar refractivity (Wildman–Crippen MR) is 83.2 cm³/mol. The van der Waals surface area contributed by atoms with Crippen molar-refractivity contribution >= 4 is 24.2 Å². The van der Waals surface area contributed by atoms with Crippen molar-refractivity contribution in [2.45, 2.75) is 25.8 Å². The minimum Gasteiger partial charge on any atom is -0.356 e. The fourth-order valence-corrected chi connectivity index (χ4v) is 1.79. The van der Waals surface area contributed by atoms with Gasteiger partial charge in [-0.25, -0.2) is 0 Å². The van der Waals surface area contributed by atoms with Crippen LogP contribution in [0.1, 0.15) is 31.4 Å². The van der Waals surface area contributed by atoms with Crippen LogP contribution in [0.15, 0.2) is 12.4 Å². The standard InChI is InChI=1S/C13H23N5O2.ClH/c1-4-6-15-11(19)5-7-16-13(20)12(14-2)10-8-17-18(3)9-10;/h8-9,12,14H,4-7H2,1-3H3,(H,15,19)(H,16,20);1H. The molecule has 1 aromatic heterocycles. The molecule has 0 fully saturated rings. The minimum atomic E-state index is -0.456. The number of carbonyl (C=O) groups is 2. The molecule has 1 unspecified atom stereocenters. The molecule has 3 N–H and O–H groups in total. The number of nitrogens with zero attached hydrogens (tertiary/aromatic N) is 2. The Hall–Kier alpha value is -1.60. The maximum atomic E-state index is 12.0. The summed E-state index contributed by atoms with van der Waals surface area (Å²) in [6, 6.07) is -0.456. The van der Waals surface area contributed by atoms with Crippen LogP contribution in [-0.2, 0) is 16.6 Å². The van der Waals surface area contributed by atoms with Crippen molar-refractivity contribution in [2.75, 3.05) is 20.1 Å². The molecule has 7 nitrogen and oxygen atoms in total. The Kier molecular flexibility index (Phi) is 9.40. The zero-order valence-electron chi connectivity index (χ0n) is 12.7. The van der Waals surface area contributed by atoms with E-state index >= 15 is 0 Å². The Morgan fingerprint density at radius 2 is 2.05 bits per heavy atom. The van der Waals surface area contributed by atoms with E-state index < -0.39 is 6.04 Å². The maximum absolute atomic E-state index is 12.0. The second kappa shape index (κ2) is 10.2. The minimum absolute atomic E-state index is 0. The lowest BCUT2D eigenvalue weighted by Gasteiger charge is -2.14. The molecular formula is C13H24ClN5O2. The molecule has 8 heteroatoms. The van der Waals surface area contributed by atoms with Crippen LogP contribution >= 0.6 is 12.4 Å². The van der Waals surface area contributed by atoms with Crippen LogP contribution < -0.4 is 16.0 Å². The van der Waals surface area contributed by atoms with Crippen molar-refractivity contribution in [2.24, 2.45) is 7.05 Å². The second-order valence-corrected chi connectivity index (χ2v) is 4.56. The third kappa shape index (κ3) is 6.59. The number of likely N-dealkylation sites (N-methyl/N-ethyl adjacent to an activating group) is 1. The first-order chi connectivity index (χ1) is 9.58. The van der Waals surface area contributed by atoms with E-state index in [2.05, 4.69) is 21.0 Å². The van der Waals surface area contributed by atoms with Crippen LogP contribution in [0.4, 0.5) is 0 Å². The highest BCUT2D eigenvalue weighted by Crippen LogP contribution is 2.10. The molecule has 0 aliphatic rings. The van der Waals surface area contributed by atoms with Gasteiger partial charge in [0, 0.05) is 38.3 Å². The molecule has 2 amide bonds. The number of carbonyl (C=O) groups excluding carboxylic acids is 2. The normalized spacial score (nSPS) is 11.4. The summed E-state index contributed by atoms with van der Waals surface area (Å²) < 4.78 is 1.64. The number of aryl methyl sites for hydroxylation is 1. The van der Waals surface area contributed by atoms with Crippen molar-refractivity contribution in [3.8, 4) is 0 Å². The summed E-state index contributed by atoms with van der Waals surface area (Å²) >= 11 is 0. The molecular weight excluding hydrogens is 294 g/mol. The maximum Gasteiger partial charge on any atom is 0.241 e. The number of rotatable bonds is 8. The van der Waals surface area contributed by atoms with E-state index in [9.17, 15) is 9.59 Å². The third-order valence-corrected chi connectivity index (χ3v) is 2.83. The molecule has 0 bridgehead atoms. The Bertz CT molecular complexity index is 450. The average molecular weight is 318 g/mol. The highest BCUT2D eigenvalue weighted by atomic mass is 35.5. The Morgan fingerprint density at radius 1 is 1.33 bits per heavy atom. The van der Waals surface area contributed by atoms with Crippen LogP contribution in [-0.4, -0.2) is 41.7 Å². The van der Waals surface area contributed by atoms with Crippen molar-refractivity contribution < 1.29 is 9.59 Å². The summed E-state index contributed by atoms with van der Waals surface area (Å²) in [4.78, 5) is 23.4. The lowest BCUT2D eigenvalue weighted by molar-refractivity contribution is -0.123. The molecule has 120 valence electrons. The van der Waals surface area contributed by atoms with Gasteiger partial charge in [-0.15, -0.1) is 12.4 Å². The summed E-state index contributed by atoms with van der Waals surface area (Å²) in [7, 11) is 3.51. The molecule has 0 saturated heterocycles. The van der Waals surface area contributed by atoms with Crippen LogP contribution in [0.25, 0.3) is 0 Å². The summed E-state index contributed by atoms with van der Waals surface area (Å²) in [6.07, 6.45) is 4.62. The van der Waals surface area contributed by atoms with Gasteiger partial charge in [0.15, 0.2) is 0 Å². The van der Waals surface area contributed by atoms with E-state index in [1.165, 1.54) is 0 Å². The predicted octanol–water partition coefficient (Wildman–Crippen LogP) is 0.135. The van der Waals surface area contributed by atoms with E-state index in [0.29, 0.717) is 13.1 Å². The summed E-state index contributed by atoms with van der Waals surface area (Å²) in [5.41, 5.74) is 0.794. The first-order valence-electron chi connectivity index (χ1n) is 6.78. The van der Waals surface area contributed by atoms with Gasteiger partial charge < -0.3 is 16.0 Å². The SMILES string of the molecule is CCCNC(=O)CCNC(=O)C(NC)c1cnn(C)c1.Cl. The van der Waals surface area contributed by atoms with Gasteiger partial charge in [0.2, 0.25) is 11.8 Å². The first kappa shape index (κ1) is 19.4. The van der Waals surface area contributed by atoms with Crippen molar-refractivity contribution in [3.05, 3.63) is 18.0 Å². The van der Waals surface area contributed by atoms with Gasteiger partial charge in [-0.1, -0.05) is 6.92 Å². The average Bonchev–Trinajstić information content (AvgIpc) is 2.83. The monoisotopic (exact) mass is 317 g/mol. The zero-order valence-corrected chi connectivity index (χ0v) is 13.5. The highest BCUT2D eigenvalue weighted by molar-refractivity contribution is 5.85. The molecule has 0 aromatic carbocycles. The second-order valence-electron chi connectivity index (χ2n) is 4.56. The van der Waals surface area contributed by atoms with Gasteiger partial charge in [-0.3, -0.25) is 14.3 Å². The molecule has 1 rings (SSSR count). The number of hydrogen-bond donors (Lipinski definition) is 3. The zero-order chi connectivity index (χ0) is 15.0. The number of hydrogen-bond acceptors (Lipinski definition) is 4. The van der Waals surface area contributed by atoms with Gasteiger partial charge in [0.25, 0.3) is 0 Å². The largest absolute Gasteiger partial charge is 0.356 e.